The first-order valence-corrected chi connectivity index (χ1v) is 6.96. The van der Waals surface area contributed by atoms with Crippen LogP contribution in [0.5, 0.6) is 6.01 Å². The van der Waals surface area contributed by atoms with Crippen LogP contribution in [0.1, 0.15) is 24.5 Å². The molecule has 0 fully saturated rings. The maximum Gasteiger partial charge on any atom is 0.323 e. The lowest BCUT2D eigenvalue weighted by Gasteiger charge is -2.19. The van der Waals surface area contributed by atoms with Crippen molar-refractivity contribution in [2.45, 2.75) is 27.2 Å². The minimum Gasteiger partial charge on any atom is -0.463 e. The molecule has 0 amide bonds. The Bertz CT molecular complexity index is 609. The molecule has 0 bridgehead atoms. The molecular weight excluding hydrogens is 266 g/mol. The molecule has 0 unspecified atom stereocenters. The van der Waals surface area contributed by atoms with Gasteiger partial charge in [0.1, 0.15) is 0 Å². The predicted octanol–water partition coefficient (Wildman–Crippen LogP) is 2.63. The van der Waals surface area contributed by atoms with E-state index in [4.69, 9.17) is 10.5 Å². The average molecular weight is 287 g/mol. The van der Waals surface area contributed by atoms with Crippen LogP contribution >= 0.6 is 0 Å². The number of hydrogen-bond donors (Lipinski definition) is 1. The molecule has 1 aromatic heterocycles. The van der Waals surface area contributed by atoms with Crippen molar-refractivity contribution in [3.05, 3.63) is 29.3 Å². The zero-order chi connectivity index (χ0) is 15.4. The largest absolute Gasteiger partial charge is 0.463 e. The van der Waals surface area contributed by atoms with Crippen LogP contribution in [0.25, 0.3) is 0 Å². The molecule has 2 rings (SSSR count). The lowest BCUT2D eigenvalue weighted by Crippen LogP contribution is -2.16. The highest BCUT2D eigenvalue weighted by molar-refractivity contribution is 5.59. The highest BCUT2D eigenvalue weighted by Crippen LogP contribution is 2.24. The summed E-state index contributed by atoms with van der Waals surface area (Å²) in [4.78, 5) is 14.3. The highest BCUT2D eigenvalue weighted by Gasteiger charge is 2.12. The number of benzene rings is 1. The molecule has 1 aromatic carbocycles. The van der Waals surface area contributed by atoms with Gasteiger partial charge in [-0.2, -0.15) is 15.0 Å². The Morgan fingerprint density at radius 1 is 1.10 bits per heavy atom. The molecule has 0 aliphatic carbocycles. The van der Waals surface area contributed by atoms with Gasteiger partial charge in [-0.1, -0.05) is 13.0 Å². The van der Waals surface area contributed by atoms with E-state index in [-0.39, 0.29) is 12.0 Å². The lowest BCUT2D eigenvalue weighted by molar-refractivity contribution is 0.292. The summed E-state index contributed by atoms with van der Waals surface area (Å²) in [5.74, 6) is 0.626. The quantitative estimate of drug-likeness (QED) is 0.911. The number of aromatic nitrogens is 3. The van der Waals surface area contributed by atoms with Crippen molar-refractivity contribution in [1.29, 1.82) is 0 Å². The summed E-state index contributed by atoms with van der Waals surface area (Å²) in [5.41, 5.74) is 9.10. The standard InChI is InChI=1S/C15H21N5O/c1-5-6-21-15-18-13(16)17-14(19-15)20(4)12-8-10(2)7-11(3)9-12/h7-9H,5-6H2,1-4H3,(H2,16,17,18,19). The number of ether oxygens (including phenoxy) is 1. The molecule has 6 heteroatoms. The maximum atomic E-state index is 5.74. The minimum atomic E-state index is 0.155. The van der Waals surface area contributed by atoms with Crippen LogP contribution in [0.2, 0.25) is 0 Å². The topological polar surface area (TPSA) is 77.2 Å². The van der Waals surface area contributed by atoms with E-state index in [0.717, 1.165) is 12.1 Å². The molecule has 112 valence electrons. The Kier molecular flexibility index (Phi) is 4.57. The molecule has 0 atom stereocenters. The Hall–Kier alpha value is -2.37. The van der Waals surface area contributed by atoms with Gasteiger partial charge in [0.15, 0.2) is 0 Å². The van der Waals surface area contributed by atoms with Gasteiger partial charge < -0.3 is 15.4 Å². The van der Waals surface area contributed by atoms with Crippen LogP contribution < -0.4 is 15.4 Å². The van der Waals surface area contributed by atoms with Crippen molar-refractivity contribution in [2.75, 3.05) is 24.3 Å². The first-order valence-electron chi connectivity index (χ1n) is 6.96. The molecule has 2 aromatic rings. The van der Waals surface area contributed by atoms with Crippen molar-refractivity contribution in [3.8, 4) is 6.01 Å². The molecule has 0 radical (unpaired) electrons. The number of anilines is 3. The number of nitrogens with zero attached hydrogens (tertiary/aromatic N) is 4. The number of aryl methyl sites for hydroxylation is 2. The fourth-order valence-corrected chi connectivity index (χ4v) is 2.03. The first kappa shape index (κ1) is 15.0. The summed E-state index contributed by atoms with van der Waals surface area (Å²) in [6.45, 7) is 6.69. The van der Waals surface area contributed by atoms with Gasteiger partial charge in [-0.3, -0.25) is 0 Å². The van der Waals surface area contributed by atoms with E-state index < -0.39 is 0 Å². The first-order chi connectivity index (χ1) is 9.99. The summed E-state index contributed by atoms with van der Waals surface area (Å²) < 4.78 is 5.44. The molecule has 2 N–H and O–H groups in total. The molecule has 0 saturated heterocycles. The number of nitrogens with two attached hydrogens (primary N) is 1. The van der Waals surface area contributed by atoms with Crippen molar-refractivity contribution >= 4 is 17.6 Å². The summed E-state index contributed by atoms with van der Waals surface area (Å²) in [5, 5.41) is 0. The van der Waals surface area contributed by atoms with Crippen LogP contribution in [0.4, 0.5) is 17.6 Å². The molecule has 21 heavy (non-hydrogen) atoms. The van der Waals surface area contributed by atoms with E-state index in [0.29, 0.717) is 12.6 Å². The van der Waals surface area contributed by atoms with Gasteiger partial charge in [0.25, 0.3) is 0 Å². The van der Waals surface area contributed by atoms with Gasteiger partial charge >= 0.3 is 6.01 Å². The molecule has 0 aliphatic rings. The predicted molar refractivity (Wildman–Crippen MR) is 84.0 cm³/mol. The van der Waals surface area contributed by atoms with Gasteiger partial charge in [-0.05, 0) is 43.5 Å². The van der Waals surface area contributed by atoms with Crippen LogP contribution in [-0.2, 0) is 0 Å². The van der Waals surface area contributed by atoms with Gasteiger partial charge in [0.05, 0.1) is 6.61 Å². The van der Waals surface area contributed by atoms with Crippen molar-refractivity contribution in [3.63, 3.8) is 0 Å². The van der Waals surface area contributed by atoms with E-state index >= 15 is 0 Å². The molecule has 1 heterocycles. The van der Waals surface area contributed by atoms with Crippen LogP contribution in [0.15, 0.2) is 18.2 Å². The normalized spacial score (nSPS) is 10.5. The fraction of sp³-hybridized carbons (Fsp3) is 0.400. The number of hydrogen-bond acceptors (Lipinski definition) is 6. The smallest absolute Gasteiger partial charge is 0.323 e. The van der Waals surface area contributed by atoms with Gasteiger partial charge in [-0.25, -0.2) is 0 Å². The summed E-state index contributed by atoms with van der Waals surface area (Å²) in [6, 6.07) is 6.52. The zero-order valence-corrected chi connectivity index (χ0v) is 12.9. The molecule has 0 aliphatic heterocycles. The third kappa shape index (κ3) is 3.81. The van der Waals surface area contributed by atoms with Crippen LogP contribution in [0.3, 0.4) is 0 Å². The minimum absolute atomic E-state index is 0.155. The Morgan fingerprint density at radius 3 is 2.38 bits per heavy atom. The van der Waals surface area contributed by atoms with Gasteiger partial charge in [0.2, 0.25) is 11.9 Å². The summed E-state index contributed by atoms with van der Waals surface area (Å²) >= 11 is 0. The molecule has 6 nitrogen and oxygen atoms in total. The lowest BCUT2D eigenvalue weighted by atomic mass is 10.1. The summed E-state index contributed by atoms with van der Waals surface area (Å²) in [6.07, 6.45) is 0.883. The van der Waals surface area contributed by atoms with Crippen molar-refractivity contribution in [2.24, 2.45) is 0 Å². The maximum absolute atomic E-state index is 5.74. The monoisotopic (exact) mass is 287 g/mol. The Balaban J connectivity index is 2.33. The second kappa shape index (κ2) is 6.39. The second-order valence-corrected chi connectivity index (χ2v) is 5.03. The SMILES string of the molecule is CCCOc1nc(N)nc(N(C)c2cc(C)cc(C)c2)n1. The Morgan fingerprint density at radius 2 is 1.76 bits per heavy atom. The van der Waals surface area contributed by atoms with Crippen molar-refractivity contribution in [1.82, 2.24) is 15.0 Å². The zero-order valence-electron chi connectivity index (χ0n) is 12.9. The average Bonchev–Trinajstić information content (AvgIpc) is 2.42. The van der Waals surface area contributed by atoms with E-state index in [1.165, 1.54) is 11.1 Å². The third-order valence-corrected chi connectivity index (χ3v) is 2.95. The fourth-order valence-electron chi connectivity index (χ4n) is 2.03. The second-order valence-electron chi connectivity index (χ2n) is 5.03. The molecule has 0 saturated carbocycles. The molecular formula is C15H21N5O. The van der Waals surface area contributed by atoms with Gasteiger partial charge in [0, 0.05) is 12.7 Å². The van der Waals surface area contributed by atoms with Gasteiger partial charge in [-0.15, -0.1) is 0 Å². The van der Waals surface area contributed by atoms with E-state index in [2.05, 4.69) is 47.0 Å². The number of rotatable bonds is 5. The summed E-state index contributed by atoms with van der Waals surface area (Å²) in [7, 11) is 1.90. The number of nitrogen functional groups attached to an aromatic ring is 1. The van der Waals surface area contributed by atoms with E-state index in [1.807, 2.05) is 18.9 Å². The van der Waals surface area contributed by atoms with Crippen molar-refractivity contribution < 1.29 is 4.74 Å². The van der Waals surface area contributed by atoms with Crippen LogP contribution in [0, 0.1) is 13.8 Å². The highest BCUT2D eigenvalue weighted by atomic mass is 16.5. The Labute approximate surface area is 125 Å². The molecule has 0 spiro atoms. The van der Waals surface area contributed by atoms with E-state index in [9.17, 15) is 0 Å². The van der Waals surface area contributed by atoms with Crippen LogP contribution in [-0.4, -0.2) is 28.6 Å². The third-order valence-electron chi connectivity index (χ3n) is 2.95. The van der Waals surface area contributed by atoms with E-state index in [1.54, 1.807) is 0 Å².